The maximum Gasteiger partial charge on any atom is 0.416 e. The Morgan fingerprint density at radius 1 is 1.02 bits per heavy atom. The third-order valence-electron chi connectivity index (χ3n) is 7.66. The molecule has 1 spiro atoms. The Morgan fingerprint density at radius 2 is 1.68 bits per heavy atom. The van der Waals surface area contributed by atoms with Crippen molar-refractivity contribution in [3.05, 3.63) is 63.8 Å². The lowest BCUT2D eigenvalue weighted by Crippen LogP contribution is -2.60. The standard InChI is InChI=1S/C27H31F4N5O4/c1-16(2)22(32-23(38)19-13-17(27(29,30)31)5-7-20(19)28)24(39)35-11-9-26(10-12-35)25(40)34(4)15-36(26)18-6-8-21(37)33(3)14-18/h5-8,13-14,16,22H,9-12,15H2,1-4H3,(H,32,38). The maximum atomic E-state index is 14.3. The number of amides is 3. The lowest BCUT2D eigenvalue weighted by molar-refractivity contribution is -0.139. The van der Waals surface area contributed by atoms with Gasteiger partial charge >= 0.3 is 6.18 Å². The number of benzene rings is 1. The van der Waals surface area contributed by atoms with E-state index in [9.17, 15) is 36.7 Å². The van der Waals surface area contributed by atoms with Gasteiger partial charge in [-0.3, -0.25) is 19.2 Å². The number of alkyl halides is 3. The molecule has 2 fully saturated rings. The second kappa shape index (κ2) is 10.6. The summed E-state index contributed by atoms with van der Waals surface area (Å²) >= 11 is 0. The summed E-state index contributed by atoms with van der Waals surface area (Å²) in [6.45, 7) is 3.98. The molecule has 0 saturated carbocycles. The molecule has 0 radical (unpaired) electrons. The second-order valence-electron chi connectivity index (χ2n) is 10.7. The molecule has 2 aliphatic heterocycles. The number of pyridine rings is 1. The summed E-state index contributed by atoms with van der Waals surface area (Å²) in [5, 5.41) is 2.42. The SMILES string of the molecule is CC(C)C(NC(=O)c1cc(C(F)(F)F)ccc1F)C(=O)N1CCC2(CC1)C(=O)N(C)CN2c1ccc(=O)n(C)c1. The number of anilines is 1. The topological polar surface area (TPSA) is 95.0 Å². The van der Waals surface area contributed by atoms with Crippen molar-refractivity contribution in [3.63, 3.8) is 0 Å². The highest BCUT2D eigenvalue weighted by atomic mass is 19.4. The van der Waals surface area contributed by atoms with Gasteiger partial charge in [-0.1, -0.05) is 13.8 Å². The van der Waals surface area contributed by atoms with Gasteiger partial charge in [0.15, 0.2) is 0 Å². The van der Waals surface area contributed by atoms with Gasteiger partial charge in [0, 0.05) is 39.4 Å². The number of likely N-dealkylation sites (tertiary alicyclic amines) is 1. The first-order valence-electron chi connectivity index (χ1n) is 12.8. The van der Waals surface area contributed by atoms with Crippen LogP contribution in [-0.2, 0) is 22.8 Å². The van der Waals surface area contributed by atoms with Crippen LogP contribution in [0.15, 0.2) is 41.3 Å². The summed E-state index contributed by atoms with van der Waals surface area (Å²) in [5.74, 6) is -3.30. The lowest BCUT2D eigenvalue weighted by atomic mass is 9.85. The van der Waals surface area contributed by atoms with Crippen LogP contribution in [0.3, 0.4) is 0 Å². The molecule has 9 nitrogen and oxygen atoms in total. The van der Waals surface area contributed by atoms with Crippen molar-refractivity contribution < 1.29 is 31.9 Å². The Morgan fingerprint density at radius 3 is 2.25 bits per heavy atom. The minimum absolute atomic E-state index is 0.109. The van der Waals surface area contributed by atoms with E-state index in [0.717, 1.165) is 0 Å². The van der Waals surface area contributed by atoms with Gasteiger partial charge in [0.05, 0.1) is 23.5 Å². The van der Waals surface area contributed by atoms with Gasteiger partial charge in [-0.05, 0) is 43.0 Å². The summed E-state index contributed by atoms with van der Waals surface area (Å²) in [6.07, 6.45) is -2.55. The first kappa shape index (κ1) is 29.1. The number of nitrogens with one attached hydrogen (secondary N) is 1. The third-order valence-corrected chi connectivity index (χ3v) is 7.66. The molecular weight excluding hydrogens is 534 g/mol. The Balaban J connectivity index is 1.52. The van der Waals surface area contributed by atoms with Gasteiger partial charge in [0.2, 0.25) is 17.4 Å². The summed E-state index contributed by atoms with van der Waals surface area (Å²) in [4.78, 5) is 56.5. The minimum atomic E-state index is -4.77. The Hall–Kier alpha value is -3.90. The normalized spacial score (nSPS) is 18.0. The smallest absolute Gasteiger partial charge is 0.341 e. The number of carbonyl (C=O) groups excluding carboxylic acids is 3. The van der Waals surface area contributed by atoms with Crippen molar-refractivity contribution in [2.45, 2.75) is 44.4 Å². The van der Waals surface area contributed by atoms with E-state index < -0.39 is 52.4 Å². The number of halogens is 4. The number of aromatic nitrogens is 1. The van der Waals surface area contributed by atoms with E-state index in [4.69, 9.17) is 0 Å². The molecule has 13 heteroatoms. The van der Waals surface area contributed by atoms with E-state index in [2.05, 4.69) is 5.32 Å². The molecule has 2 aromatic rings. The highest BCUT2D eigenvalue weighted by Crippen LogP contribution is 2.39. The fourth-order valence-corrected chi connectivity index (χ4v) is 5.34. The molecule has 2 aliphatic rings. The Kier molecular flexibility index (Phi) is 7.70. The Bertz CT molecular complexity index is 1380. The third kappa shape index (κ3) is 5.28. The van der Waals surface area contributed by atoms with E-state index in [1.54, 1.807) is 45.1 Å². The summed E-state index contributed by atoms with van der Waals surface area (Å²) in [5.41, 5.74) is -2.42. The predicted octanol–water partition coefficient (Wildman–Crippen LogP) is 2.59. The van der Waals surface area contributed by atoms with Crippen LogP contribution in [0.4, 0.5) is 23.2 Å². The van der Waals surface area contributed by atoms with Crippen LogP contribution < -0.4 is 15.8 Å². The van der Waals surface area contributed by atoms with Crippen LogP contribution in [0.2, 0.25) is 0 Å². The molecule has 1 unspecified atom stereocenters. The first-order chi connectivity index (χ1) is 18.7. The van der Waals surface area contributed by atoms with Crippen molar-refractivity contribution in [1.29, 1.82) is 0 Å². The van der Waals surface area contributed by atoms with Crippen LogP contribution >= 0.6 is 0 Å². The molecule has 0 bridgehead atoms. The molecule has 1 atom stereocenters. The Labute approximate surface area is 228 Å². The van der Waals surface area contributed by atoms with Crippen LogP contribution in [0.25, 0.3) is 0 Å². The maximum absolute atomic E-state index is 14.3. The molecule has 1 N–H and O–H groups in total. The molecule has 3 amide bonds. The fraction of sp³-hybridized carbons (Fsp3) is 0.481. The number of carbonyl (C=O) groups is 3. The molecular formula is C27H31F4N5O4. The van der Waals surface area contributed by atoms with Gasteiger partial charge in [-0.25, -0.2) is 4.39 Å². The lowest BCUT2D eigenvalue weighted by Gasteiger charge is -2.44. The number of hydrogen-bond acceptors (Lipinski definition) is 5. The highest BCUT2D eigenvalue weighted by molar-refractivity contribution is 5.98. The highest BCUT2D eigenvalue weighted by Gasteiger charge is 2.53. The number of nitrogens with zero attached hydrogens (tertiary/aromatic N) is 4. The van der Waals surface area contributed by atoms with Gasteiger partial charge < -0.3 is 24.6 Å². The van der Waals surface area contributed by atoms with Gasteiger partial charge in [0.1, 0.15) is 17.4 Å². The van der Waals surface area contributed by atoms with Crippen LogP contribution in [-0.4, -0.2) is 70.5 Å². The van der Waals surface area contributed by atoms with Crippen molar-refractivity contribution in [2.75, 3.05) is 31.7 Å². The molecule has 3 heterocycles. The zero-order chi connectivity index (χ0) is 29.6. The van der Waals surface area contributed by atoms with Crippen LogP contribution in [0.1, 0.15) is 42.6 Å². The molecule has 0 aliphatic carbocycles. The number of hydrogen-bond donors (Lipinski definition) is 1. The van der Waals surface area contributed by atoms with Gasteiger partial charge in [-0.15, -0.1) is 0 Å². The average Bonchev–Trinajstić information content (AvgIpc) is 3.13. The first-order valence-corrected chi connectivity index (χ1v) is 12.8. The van der Waals surface area contributed by atoms with Crippen molar-refractivity contribution in [3.8, 4) is 0 Å². The quantitative estimate of drug-likeness (QED) is 0.563. The molecule has 1 aromatic carbocycles. The molecule has 2 saturated heterocycles. The second-order valence-corrected chi connectivity index (χ2v) is 10.7. The van der Waals surface area contributed by atoms with Crippen LogP contribution in [0, 0.1) is 11.7 Å². The molecule has 4 rings (SSSR count). The number of piperidine rings is 1. The van der Waals surface area contributed by atoms with Crippen LogP contribution in [0.5, 0.6) is 0 Å². The van der Waals surface area contributed by atoms with Gasteiger partial charge in [-0.2, -0.15) is 13.2 Å². The van der Waals surface area contributed by atoms with E-state index in [-0.39, 0.29) is 37.4 Å². The number of rotatable bonds is 5. The molecule has 1 aromatic heterocycles. The monoisotopic (exact) mass is 565 g/mol. The average molecular weight is 566 g/mol. The van der Waals surface area contributed by atoms with E-state index >= 15 is 0 Å². The zero-order valence-corrected chi connectivity index (χ0v) is 22.6. The van der Waals surface area contributed by atoms with Crippen molar-refractivity contribution >= 4 is 23.4 Å². The fourth-order valence-electron chi connectivity index (χ4n) is 5.34. The largest absolute Gasteiger partial charge is 0.416 e. The number of aryl methyl sites for hydroxylation is 1. The van der Waals surface area contributed by atoms with Crippen molar-refractivity contribution in [1.82, 2.24) is 19.7 Å². The van der Waals surface area contributed by atoms with E-state index in [1.165, 1.54) is 15.5 Å². The predicted molar refractivity (Wildman–Crippen MR) is 138 cm³/mol. The number of likely N-dealkylation sites (N-methyl/N-ethyl adjacent to an activating group) is 1. The summed E-state index contributed by atoms with van der Waals surface area (Å²) < 4.78 is 55.1. The minimum Gasteiger partial charge on any atom is -0.341 e. The summed E-state index contributed by atoms with van der Waals surface area (Å²) in [7, 11) is 3.30. The zero-order valence-electron chi connectivity index (χ0n) is 22.6. The molecule has 40 heavy (non-hydrogen) atoms. The molecule has 216 valence electrons. The van der Waals surface area contributed by atoms with E-state index in [0.29, 0.717) is 30.6 Å². The van der Waals surface area contributed by atoms with Gasteiger partial charge in [0.25, 0.3) is 5.91 Å². The van der Waals surface area contributed by atoms with E-state index in [1.807, 2.05) is 4.90 Å². The summed E-state index contributed by atoms with van der Waals surface area (Å²) in [6, 6.07) is 3.49. The van der Waals surface area contributed by atoms with Crippen molar-refractivity contribution in [2.24, 2.45) is 13.0 Å².